The summed E-state index contributed by atoms with van der Waals surface area (Å²) in [4.78, 5) is 12.4. The van der Waals surface area contributed by atoms with Crippen LogP contribution in [0.1, 0.15) is 15.2 Å². The largest absolute Gasteiger partial charge is 0.321 e. The first-order valence-electron chi connectivity index (χ1n) is 4.52. The molecule has 0 aliphatic rings. The molecule has 1 aromatic carbocycles. The first-order chi connectivity index (χ1) is 7.25. The third kappa shape index (κ3) is 2.44. The van der Waals surface area contributed by atoms with Gasteiger partial charge in [-0.3, -0.25) is 4.79 Å². The minimum absolute atomic E-state index is 0.0678. The average molecular weight is 216 g/mol. The number of anilines is 1. The van der Waals surface area contributed by atoms with Crippen molar-refractivity contribution < 1.29 is 4.79 Å². The molecule has 0 spiro atoms. The highest BCUT2D eigenvalue weighted by Crippen LogP contribution is 2.13. The number of amides is 1. The number of benzene rings is 1. The predicted octanol–water partition coefficient (Wildman–Crippen LogP) is 3.18. The van der Waals surface area contributed by atoms with Gasteiger partial charge in [-0.25, -0.2) is 0 Å². The molecule has 0 saturated heterocycles. The maximum absolute atomic E-state index is 11.6. The second-order valence-electron chi connectivity index (χ2n) is 3.13. The molecule has 75 valence electrons. The van der Waals surface area contributed by atoms with Gasteiger partial charge in [0.1, 0.15) is 0 Å². The summed E-state index contributed by atoms with van der Waals surface area (Å²) >= 11 is 1.43. The lowest BCUT2D eigenvalue weighted by molar-refractivity contribution is 0.103. The van der Waals surface area contributed by atoms with Gasteiger partial charge in [0.2, 0.25) is 0 Å². The average Bonchev–Trinajstić information content (AvgIpc) is 2.74. The summed E-state index contributed by atoms with van der Waals surface area (Å²) in [5, 5.41) is 4.70. The predicted molar refractivity (Wildman–Crippen MR) is 63.2 cm³/mol. The van der Waals surface area contributed by atoms with E-state index in [1.165, 1.54) is 11.3 Å². The number of carbonyl (C=O) groups is 1. The van der Waals surface area contributed by atoms with Gasteiger partial charge in [0.25, 0.3) is 5.91 Å². The van der Waals surface area contributed by atoms with Crippen molar-refractivity contribution >= 4 is 22.9 Å². The highest BCUT2D eigenvalue weighted by atomic mass is 32.1. The number of carbonyl (C=O) groups excluding carboxylic acids is 1. The topological polar surface area (TPSA) is 29.1 Å². The molecular formula is C12H10NOS. The normalized spacial score (nSPS) is 9.93. The summed E-state index contributed by atoms with van der Waals surface area (Å²) in [5.41, 5.74) is 1.73. The Kier molecular flexibility index (Phi) is 2.83. The highest BCUT2D eigenvalue weighted by molar-refractivity contribution is 7.12. The van der Waals surface area contributed by atoms with Gasteiger partial charge in [-0.05, 0) is 36.1 Å². The van der Waals surface area contributed by atoms with Crippen molar-refractivity contribution in [3.05, 3.63) is 59.1 Å². The molecule has 0 atom stereocenters. The second-order valence-corrected chi connectivity index (χ2v) is 4.08. The number of hydrogen-bond acceptors (Lipinski definition) is 2. The molecule has 1 N–H and O–H groups in total. The van der Waals surface area contributed by atoms with Crippen molar-refractivity contribution in [1.82, 2.24) is 0 Å². The fourth-order valence-electron chi connectivity index (χ4n) is 1.19. The summed E-state index contributed by atoms with van der Waals surface area (Å²) in [6, 6.07) is 11.1. The first-order valence-corrected chi connectivity index (χ1v) is 5.40. The lowest BCUT2D eigenvalue weighted by Gasteiger charge is -2.03. The van der Waals surface area contributed by atoms with Crippen molar-refractivity contribution in [2.24, 2.45) is 0 Å². The van der Waals surface area contributed by atoms with Crippen LogP contribution in [0, 0.1) is 6.92 Å². The van der Waals surface area contributed by atoms with Crippen molar-refractivity contribution in [2.45, 2.75) is 0 Å². The molecule has 1 amide bonds. The van der Waals surface area contributed by atoms with Gasteiger partial charge in [-0.1, -0.05) is 18.2 Å². The van der Waals surface area contributed by atoms with Gasteiger partial charge in [0.05, 0.1) is 4.88 Å². The van der Waals surface area contributed by atoms with Crippen LogP contribution < -0.4 is 5.32 Å². The molecular weight excluding hydrogens is 206 g/mol. The lowest BCUT2D eigenvalue weighted by atomic mass is 10.2. The molecule has 1 aromatic heterocycles. The zero-order valence-corrected chi connectivity index (χ0v) is 8.88. The molecule has 0 unspecified atom stereocenters. The van der Waals surface area contributed by atoms with Crippen LogP contribution in [0.25, 0.3) is 0 Å². The van der Waals surface area contributed by atoms with Crippen LogP contribution >= 0.6 is 11.3 Å². The molecule has 1 radical (unpaired) electrons. The minimum atomic E-state index is -0.0678. The van der Waals surface area contributed by atoms with Gasteiger partial charge in [0.15, 0.2) is 0 Å². The molecule has 15 heavy (non-hydrogen) atoms. The molecule has 0 aliphatic heterocycles. The Balaban J connectivity index is 2.09. The molecule has 0 aliphatic carbocycles. The summed E-state index contributed by atoms with van der Waals surface area (Å²) < 4.78 is 0. The van der Waals surface area contributed by atoms with Crippen molar-refractivity contribution in [2.75, 3.05) is 5.32 Å². The summed E-state index contributed by atoms with van der Waals surface area (Å²) in [6.07, 6.45) is 0. The van der Waals surface area contributed by atoms with E-state index in [-0.39, 0.29) is 5.91 Å². The maximum Gasteiger partial charge on any atom is 0.265 e. The number of nitrogens with one attached hydrogen (secondary N) is 1. The molecule has 0 saturated carbocycles. The van der Waals surface area contributed by atoms with E-state index in [0.29, 0.717) is 4.88 Å². The Morgan fingerprint density at radius 2 is 1.93 bits per heavy atom. The van der Waals surface area contributed by atoms with Crippen LogP contribution in [-0.4, -0.2) is 5.91 Å². The molecule has 0 fully saturated rings. The Morgan fingerprint density at radius 3 is 2.53 bits per heavy atom. The highest BCUT2D eigenvalue weighted by Gasteiger charge is 2.05. The van der Waals surface area contributed by atoms with Crippen LogP contribution in [0.2, 0.25) is 0 Å². The van der Waals surface area contributed by atoms with E-state index < -0.39 is 0 Å². The van der Waals surface area contributed by atoms with E-state index in [4.69, 9.17) is 0 Å². The third-order valence-corrected chi connectivity index (χ3v) is 2.83. The number of hydrogen-bond donors (Lipinski definition) is 1. The first kappa shape index (κ1) is 9.93. The quantitative estimate of drug-likeness (QED) is 0.820. The van der Waals surface area contributed by atoms with Crippen LogP contribution in [0.15, 0.2) is 41.8 Å². The van der Waals surface area contributed by atoms with E-state index in [1.54, 1.807) is 6.07 Å². The van der Waals surface area contributed by atoms with E-state index >= 15 is 0 Å². The zero-order valence-electron chi connectivity index (χ0n) is 8.07. The second kappa shape index (κ2) is 4.28. The van der Waals surface area contributed by atoms with E-state index in [2.05, 4.69) is 12.2 Å². The smallest absolute Gasteiger partial charge is 0.265 e. The standard InChI is InChI=1S/C12H10NOS/c1-9-4-6-10(7-5-9)13-12(14)11-3-2-8-15-11/h2-8H,1H2,(H,13,14). The maximum atomic E-state index is 11.6. The Labute approximate surface area is 92.6 Å². The SMILES string of the molecule is [CH2]c1ccc(NC(=O)c2cccs2)cc1. The molecule has 2 nitrogen and oxygen atoms in total. The fraction of sp³-hybridized carbons (Fsp3) is 0. The lowest BCUT2D eigenvalue weighted by Crippen LogP contribution is -2.09. The third-order valence-electron chi connectivity index (χ3n) is 1.96. The van der Waals surface area contributed by atoms with Crippen LogP contribution in [0.4, 0.5) is 5.69 Å². The minimum Gasteiger partial charge on any atom is -0.321 e. The molecule has 0 bridgehead atoms. The van der Waals surface area contributed by atoms with Gasteiger partial charge in [-0.2, -0.15) is 0 Å². The van der Waals surface area contributed by atoms with Gasteiger partial charge < -0.3 is 5.32 Å². The molecule has 2 aromatic rings. The number of thiophene rings is 1. The monoisotopic (exact) mass is 216 g/mol. The zero-order chi connectivity index (χ0) is 10.7. The van der Waals surface area contributed by atoms with Gasteiger partial charge in [-0.15, -0.1) is 11.3 Å². The summed E-state index contributed by atoms with van der Waals surface area (Å²) in [6.45, 7) is 3.78. The molecule has 2 rings (SSSR count). The summed E-state index contributed by atoms with van der Waals surface area (Å²) in [5.74, 6) is -0.0678. The Morgan fingerprint density at radius 1 is 1.20 bits per heavy atom. The van der Waals surface area contributed by atoms with E-state index in [9.17, 15) is 4.79 Å². The fourth-order valence-corrected chi connectivity index (χ4v) is 1.81. The van der Waals surface area contributed by atoms with Gasteiger partial charge >= 0.3 is 0 Å². The van der Waals surface area contributed by atoms with Crippen molar-refractivity contribution in [3.8, 4) is 0 Å². The molecule has 3 heteroatoms. The molecule has 1 heterocycles. The van der Waals surface area contributed by atoms with Crippen molar-refractivity contribution in [3.63, 3.8) is 0 Å². The van der Waals surface area contributed by atoms with Crippen LogP contribution in [-0.2, 0) is 0 Å². The summed E-state index contributed by atoms with van der Waals surface area (Å²) in [7, 11) is 0. The Hall–Kier alpha value is -1.61. The Bertz CT molecular complexity index is 445. The van der Waals surface area contributed by atoms with Crippen LogP contribution in [0.3, 0.4) is 0 Å². The van der Waals surface area contributed by atoms with Gasteiger partial charge in [0, 0.05) is 5.69 Å². The number of rotatable bonds is 2. The van der Waals surface area contributed by atoms with Crippen molar-refractivity contribution in [1.29, 1.82) is 0 Å². The van der Waals surface area contributed by atoms with E-state index in [1.807, 2.05) is 35.7 Å². The van der Waals surface area contributed by atoms with Crippen LogP contribution in [0.5, 0.6) is 0 Å². The van der Waals surface area contributed by atoms with E-state index in [0.717, 1.165) is 11.3 Å².